The van der Waals surface area contributed by atoms with E-state index in [0.29, 0.717) is 17.7 Å². The molecule has 0 heterocycles. The number of hydrogen-bond donors (Lipinski definition) is 1. The first-order valence-corrected chi connectivity index (χ1v) is 15.6. The molecule has 0 fully saturated rings. The van der Waals surface area contributed by atoms with Crippen molar-refractivity contribution in [2.24, 2.45) is 5.10 Å². The Labute approximate surface area is 243 Å². The third kappa shape index (κ3) is 14.6. The van der Waals surface area contributed by atoms with Crippen molar-refractivity contribution in [2.75, 3.05) is 0 Å². The Hall–Kier alpha value is -2.22. The second-order valence-electron chi connectivity index (χ2n) is 9.93. The van der Waals surface area contributed by atoms with Crippen molar-refractivity contribution in [1.82, 2.24) is 5.43 Å². The molecule has 0 unspecified atom stereocenters. The van der Waals surface area contributed by atoms with E-state index in [1.54, 1.807) is 36.5 Å². The van der Waals surface area contributed by atoms with Crippen molar-refractivity contribution < 1.29 is 14.3 Å². The maximum atomic E-state index is 12.3. The predicted molar refractivity (Wildman–Crippen MR) is 166 cm³/mol. The van der Waals surface area contributed by atoms with Crippen LogP contribution >= 0.6 is 22.6 Å². The first-order valence-electron chi connectivity index (χ1n) is 14.5. The molecular formula is C32H45IN2O3. The molecule has 6 heteroatoms. The predicted octanol–water partition coefficient (Wildman–Crippen LogP) is 9.22. The van der Waals surface area contributed by atoms with E-state index in [-0.39, 0.29) is 11.9 Å². The first-order chi connectivity index (χ1) is 18.6. The number of amides is 1. The maximum absolute atomic E-state index is 12.3. The van der Waals surface area contributed by atoms with Crippen molar-refractivity contribution in [2.45, 2.75) is 110 Å². The van der Waals surface area contributed by atoms with Crippen LogP contribution in [0, 0.1) is 3.57 Å². The molecule has 0 aliphatic carbocycles. The van der Waals surface area contributed by atoms with Crippen LogP contribution in [0.4, 0.5) is 0 Å². The third-order valence-electron chi connectivity index (χ3n) is 6.59. The lowest BCUT2D eigenvalue weighted by Crippen LogP contribution is -2.16. The Morgan fingerprint density at radius 3 is 1.84 bits per heavy atom. The molecule has 0 bridgehead atoms. The van der Waals surface area contributed by atoms with Gasteiger partial charge in [-0.3, -0.25) is 4.79 Å². The van der Waals surface area contributed by atoms with Crippen LogP contribution in [-0.4, -0.2) is 18.1 Å². The summed E-state index contributed by atoms with van der Waals surface area (Å²) in [4.78, 5) is 24.3. The van der Waals surface area contributed by atoms with Gasteiger partial charge in [-0.1, -0.05) is 109 Å². The normalized spacial score (nSPS) is 11.1. The maximum Gasteiger partial charge on any atom is 0.344 e. The molecule has 1 amide bonds. The molecule has 0 aliphatic rings. The Bertz CT molecular complexity index is 959. The van der Waals surface area contributed by atoms with Crippen LogP contribution < -0.4 is 10.2 Å². The van der Waals surface area contributed by atoms with Gasteiger partial charge >= 0.3 is 5.97 Å². The van der Waals surface area contributed by atoms with Gasteiger partial charge in [-0.05, 0) is 71.0 Å². The average molecular weight is 633 g/mol. The Morgan fingerprint density at radius 2 is 1.29 bits per heavy atom. The zero-order chi connectivity index (χ0) is 27.3. The second kappa shape index (κ2) is 20.7. The van der Waals surface area contributed by atoms with Crippen LogP contribution in [0.2, 0.25) is 0 Å². The quantitative estimate of drug-likeness (QED) is 0.0395. The fraction of sp³-hybridized carbons (Fsp3) is 0.531. The average Bonchev–Trinajstić information content (AvgIpc) is 2.92. The Balaban J connectivity index is 1.46. The molecule has 0 spiro atoms. The van der Waals surface area contributed by atoms with E-state index in [9.17, 15) is 9.59 Å². The lowest BCUT2D eigenvalue weighted by molar-refractivity contribution is -0.121. The first kappa shape index (κ1) is 32.0. The molecule has 0 saturated heterocycles. The monoisotopic (exact) mass is 632 g/mol. The molecule has 0 atom stereocenters. The molecule has 208 valence electrons. The second-order valence-corrected chi connectivity index (χ2v) is 11.1. The van der Waals surface area contributed by atoms with Gasteiger partial charge in [-0.15, -0.1) is 0 Å². The Kier molecular flexibility index (Phi) is 17.4. The number of carbonyl (C=O) groups excluding carboxylic acids is 2. The van der Waals surface area contributed by atoms with Crippen LogP contribution in [0.5, 0.6) is 5.75 Å². The molecule has 0 aromatic heterocycles. The smallest absolute Gasteiger partial charge is 0.344 e. The van der Waals surface area contributed by atoms with E-state index in [0.717, 1.165) is 22.0 Å². The van der Waals surface area contributed by atoms with E-state index in [2.05, 4.69) is 40.0 Å². The fourth-order valence-electron chi connectivity index (χ4n) is 4.30. The molecular weight excluding hydrogens is 587 g/mol. The van der Waals surface area contributed by atoms with Gasteiger partial charge in [0.25, 0.3) is 0 Å². The minimum Gasteiger partial charge on any atom is -0.423 e. The fourth-order valence-corrected chi connectivity index (χ4v) is 4.91. The summed E-state index contributed by atoms with van der Waals surface area (Å²) in [6.07, 6.45) is 21.8. The van der Waals surface area contributed by atoms with Crippen molar-refractivity contribution in [3.63, 3.8) is 0 Å². The third-order valence-corrected chi connectivity index (χ3v) is 7.54. The van der Waals surface area contributed by atoms with Gasteiger partial charge in [0.05, 0.1) is 11.8 Å². The molecule has 1 N–H and O–H groups in total. The highest BCUT2D eigenvalue weighted by molar-refractivity contribution is 14.1. The van der Waals surface area contributed by atoms with Crippen molar-refractivity contribution >= 4 is 40.7 Å². The lowest BCUT2D eigenvalue weighted by atomic mass is 10.0. The number of hydrogen-bond acceptors (Lipinski definition) is 4. The van der Waals surface area contributed by atoms with E-state index in [1.165, 1.54) is 83.5 Å². The number of benzene rings is 2. The summed E-state index contributed by atoms with van der Waals surface area (Å²) in [5.74, 6) is 0.0189. The molecule has 2 aromatic carbocycles. The van der Waals surface area contributed by atoms with Crippen LogP contribution in [0.3, 0.4) is 0 Å². The molecule has 38 heavy (non-hydrogen) atoms. The molecule has 2 rings (SSSR count). The number of carbonyl (C=O) groups is 2. The minimum absolute atomic E-state index is 0.0565. The van der Waals surface area contributed by atoms with E-state index < -0.39 is 0 Å². The van der Waals surface area contributed by atoms with Gasteiger partial charge in [0, 0.05) is 9.99 Å². The highest BCUT2D eigenvalue weighted by Gasteiger charge is 2.11. The highest BCUT2D eigenvalue weighted by atomic mass is 127. The standard InChI is InChI=1S/C32H45IN2O3/c1-2-3-4-5-6-7-8-9-10-11-12-13-14-15-16-21-31(36)35-34-26-27-22-24-28(25-23-27)38-32(37)29-19-17-18-20-30(29)33/h17-20,22-26H,2-16,21H2,1H3,(H,35,36)/b34-26+. The van der Waals surface area contributed by atoms with Gasteiger partial charge in [0.2, 0.25) is 5.91 Å². The summed E-state index contributed by atoms with van der Waals surface area (Å²) >= 11 is 2.12. The van der Waals surface area contributed by atoms with Crippen molar-refractivity contribution in [3.8, 4) is 5.75 Å². The van der Waals surface area contributed by atoms with Gasteiger partial charge < -0.3 is 4.74 Å². The summed E-state index contributed by atoms with van der Waals surface area (Å²) in [5, 5.41) is 4.05. The molecule has 5 nitrogen and oxygen atoms in total. The number of nitrogens with one attached hydrogen (secondary N) is 1. The van der Waals surface area contributed by atoms with Crippen LogP contribution in [0.25, 0.3) is 0 Å². The van der Waals surface area contributed by atoms with Gasteiger partial charge in [0.1, 0.15) is 5.75 Å². The zero-order valence-electron chi connectivity index (χ0n) is 23.1. The number of hydrazone groups is 1. The summed E-state index contributed by atoms with van der Waals surface area (Å²) in [7, 11) is 0. The zero-order valence-corrected chi connectivity index (χ0v) is 25.2. The Morgan fingerprint density at radius 1 is 0.763 bits per heavy atom. The van der Waals surface area contributed by atoms with Gasteiger partial charge in [-0.25, -0.2) is 10.2 Å². The summed E-state index contributed by atoms with van der Waals surface area (Å²) < 4.78 is 6.29. The number of unbranched alkanes of at least 4 members (excludes halogenated alkanes) is 14. The van der Waals surface area contributed by atoms with E-state index in [4.69, 9.17) is 4.74 Å². The van der Waals surface area contributed by atoms with Crippen molar-refractivity contribution in [3.05, 3.63) is 63.2 Å². The lowest BCUT2D eigenvalue weighted by Gasteiger charge is -2.06. The molecule has 0 aliphatic heterocycles. The number of esters is 1. The molecule has 2 aromatic rings. The number of halogens is 1. The van der Waals surface area contributed by atoms with Gasteiger partial charge in [0.15, 0.2) is 0 Å². The highest BCUT2D eigenvalue weighted by Crippen LogP contribution is 2.17. The van der Waals surface area contributed by atoms with Crippen molar-refractivity contribution in [1.29, 1.82) is 0 Å². The number of nitrogens with zero attached hydrogens (tertiary/aromatic N) is 1. The molecule has 0 saturated carbocycles. The SMILES string of the molecule is CCCCCCCCCCCCCCCCCC(=O)N/N=C/c1ccc(OC(=O)c2ccccc2I)cc1. The van der Waals surface area contributed by atoms with Crippen LogP contribution in [0.15, 0.2) is 53.6 Å². The largest absolute Gasteiger partial charge is 0.423 e. The van der Waals surface area contributed by atoms with E-state index in [1.807, 2.05) is 18.2 Å². The summed E-state index contributed by atoms with van der Waals surface area (Å²) in [6, 6.07) is 14.3. The molecule has 0 radical (unpaired) electrons. The summed E-state index contributed by atoms with van der Waals surface area (Å²) in [6.45, 7) is 2.27. The minimum atomic E-state index is -0.387. The number of rotatable bonds is 20. The van der Waals surface area contributed by atoms with Gasteiger partial charge in [-0.2, -0.15) is 5.10 Å². The number of ether oxygens (including phenoxy) is 1. The van der Waals surface area contributed by atoms with E-state index >= 15 is 0 Å². The van der Waals surface area contributed by atoms with Crippen LogP contribution in [-0.2, 0) is 4.79 Å². The summed E-state index contributed by atoms with van der Waals surface area (Å²) in [5.41, 5.74) is 3.95. The van der Waals surface area contributed by atoms with Crippen LogP contribution in [0.1, 0.15) is 126 Å². The topological polar surface area (TPSA) is 67.8 Å².